The van der Waals surface area contributed by atoms with E-state index in [0.29, 0.717) is 34.9 Å². The van der Waals surface area contributed by atoms with Gasteiger partial charge < -0.3 is 8.98 Å². The maximum absolute atomic E-state index is 6.54. The van der Waals surface area contributed by atoms with Crippen LogP contribution in [-0.4, -0.2) is 34.5 Å². The summed E-state index contributed by atoms with van der Waals surface area (Å²) in [6.07, 6.45) is 0. The van der Waals surface area contributed by atoms with Crippen LogP contribution in [0, 0.1) is 0 Å². The molecule has 0 unspecified atom stereocenters. The number of furan rings is 1. The summed E-state index contributed by atoms with van der Waals surface area (Å²) in [4.78, 5) is 30.7. The van der Waals surface area contributed by atoms with Crippen molar-refractivity contribution in [3.63, 3.8) is 0 Å². The topological polar surface area (TPSA) is 95.4 Å². The van der Waals surface area contributed by atoms with Gasteiger partial charge in [0.25, 0.3) is 0 Å². The first-order valence-electron chi connectivity index (χ1n) is 24.6. The second-order valence-corrected chi connectivity index (χ2v) is 18.3. The van der Waals surface area contributed by atoms with E-state index in [1.54, 1.807) is 0 Å². The van der Waals surface area contributed by atoms with E-state index in [-0.39, 0.29) is 0 Å². The molecular weight excluding hydrogens is 907 g/mol. The number of fused-ring (bicyclic) bond motifs is 6. The fourth-order valence-electron chi connectivity index (χ4n) is 10.1. The molecule has 0 atom stereocenters. The van der Waals surface area contributed by atoms with E-state index < -0.39 is 0 Å². The van der Waals surface area contributed by atoms with Crippen LogP contribution in [0.4, 0.5) is 0 Å². The van der Waals surface area contributed by atoms with Crippen LogP contribution in [-0.2, 0) is 0 Å². The Bertz CT molecular complexity index is 4360. The maximum Gasteiger partial charge on any atom is 0.164 e. The third-order valence-corrected chi connectivity index (χ3v) is 13.7. The zero-order valence-corrected chi connectivity index (χ0v) is 39.7. The van der Waals surface area contributed by atoms with Crippen molar-refractivity contribution < 1.29 is 4.42 Å². The lowest BCUT2D eigenvalue weighted by molar-refractivity contribution is 0.669. The van der Waals surface area contributed by atoms with Crippen molar-refractivity contribution in [3.05, 3.63) is 249 Å². The van der Waals surface area contributed by atoms with Gasteiger partial charge in [-0.2, -0.15) is 0 Å². The smallest absolute Gasteiger partial charge is 0.164 e. The standard InChI is InChI=1S/C66H41N7O/c1-4-17-42(18-5-1)47-23-14-24-49(39-47)64-69-62(45-21-8-3-9-22-45)71-66(72-64)54-29-16-32-59-60(54)55-41-48(37-38-58(55)74-59)43-33-35-46(36-34-43)63-67-61(44-19-6-2-7-20-44)68-65(70-63)50-25-15-26-51(40-50)73-56-30-12-10-27-52(56)53-28-11-13-31-57(53)73/h1-41H. The molecule has 0 aliphatic heterocycles. The molecule has 4 heterocycles. The fraction of sp³-hybridized carbons (Fsp3) is 0. The number of rotatable bonds is 9. The first kappa shape index (κ1) is 42.7. The predicted molar refractivity (Wildman–Crippen MR) is 298 cm³/mol. The quantitative estimate of drug-likeness (QED) is 0.142. The molecule has 0 N–H and O–H groups in total. The number of para-hydroxylation sites is 2. The van der Waals surface area contributed by atoms with Gasteiger partial charge in [0.1, 0.15) is 11.2 Å². The molecule has 0 aliphatic rings. The Morgan fingerprint density at radius 2 is 0.676 bits per heavy atom. The Hall–Kier alpha value is -10.2. The minimum atomic E-state index is 0.562. The van der Waals surface area contributed by atoms with E-state index in [0.717, 1.165) is 94.3 Å². The van der Waals surface area contributed by atoms with Gasteiger partial charge in [0, 0.05) is 60.6 Å². The Labute approximate surface area is 425 Å². The predicted octanol–water partition coefficient (Wildman–Crippen LogP) is 16.4. The van der Waals surface area contributed by atoms with Crippen molar-refractivity contribution in [2.24, 2.45) is 0 Å². The van der Waals surface area contributed by atoms with Gasteiger partial charge in [-0.3, -0.25) is 0 Å². The Morgan fingerprint density at radius 1 is 0.257 bits per heavy atom. The molecule has 346 valence electrons. The van der Waals surface area contributed by atoms with Crippen LogP contribution in [0.1, 0.15) is 0 Å². The molecule has 8 nitrogen and oxygen atoms in total. The van der Waals surface area contributed by atoms with Gasteiger partial charge in [-0.1, -0.05) is 200 Å². The number of nitrogens with zero attached hydrogens (tertiary/aromatic N) is 7. The molecule has 8 heteroatoms. The zero-order chi connectivity index (χ0) is 49.0. The molecule has 74 heavy (non-hydrogen) atoms. The Balaban J connectivity index is 0.846. The number of hydrogen-bond donors (Lipinski definition) is 0. The summed E-state index contributed by atoms with van der Waals surface area (Å²) < 4.78 is 8.86. The number of benzene rings is 10. The summed E-state index contributed by atoms with van der Waals surface area (Å²) in [6, 6.07) is 85.3. The molecule has 0 radical (unpaired) electrons. The second-order valence-electron chi connectivity index (χ2n) is 18.3. The zero-order valence-electron chi connectivity index (χ0n) is 39.7. The number of aromatic nitrogens is 7. The lowest BCUT2D eigenvalue weighted by Gasteiger charge is -2.12. The van der Waals surface area contributed by atoms with Gasteiger partial charge in [-0.05, 0) is 70.8 Å². The molecule has 4 aromatic heterocycles. The molecule has 0 amide bonds. The molecular formula is C66H41N7O. The van der Waals surface area contributed by atoms with E-state index in [1.165, 1.54) is 10.8 Å². The molecule has 0 aliphatic carbocycles. The number of hydrogen-bond acceptors (Lipinski definition) is 7. The molecule has 0 bridgehead atoms. The van der Waals surface area contributed by atoms with Crippen molar-refractivity contribution in [1.29, 1.82) is 0 Å². The van der Waals surface area contributed by atoms with Crippen LogP contribution in [0.25, 0.3) is 140 Å². The van der Waals surface area contributed by atoms with Crippen LogP contribution >= 0.6 is 0 Å². The summed E-state index contributed by atoms with van der Waals surface area (Å²) in [5, 5.41) is 4.32. The van der Waals surface area contributed by atoms with E-state index in [1.807, 2.05) is 84.9 Å². The Kier molecular flexibility index (Phi) is 10.3. The van der Waals surface area contributed by atoms with Crippen LogP contribution in [0.3, 0.4) is 0 Å². The highest BCUT2D eigenvalue weighted by atomic mass is 16.3. The van der Waals surface area contributed by atoms with Crippen molar-refractivity contribution in [3.8, 4) is 96.3 Å². The van der Waals surface area contributed by atoms with Crippen molar-refractivity contribution >= 4 is 43.7 Å². The van der Waals surface area contributed by atoms with E-state index in [2.05, 4.69) is 168 Å². The highest BCUT2D eigenvalue weighted by Gasteiger charge is 2.20. The monoisotopic (exact) mass is 947 g/mol. The Morgan fingerprint density at radius 3 is 1.30 bits per heavy atom. The van der Waals surface area contributed by atoms with Crippen LogP contribution in [0.2, 0.25) is 0 Å². The largest absolute Gasteiger partial charge is 0.456 e. The van der Waals surface area contributed by atoms with Gasteiger partial charge in [0.05, 0.1) is 11.0 Å². The lowest BCUT2D eigenvalue weighted by atomic mass is 9.99. The minimum Gasteiger partial charge on any atom is -0.456 e. The van der Waals surface area contributed by atoms with Gasteiger partial charge in [-0.25, -0.2) is 29.9 Å². The minimum absolute atomic E-state index is 0.562. The van der Waals surface area contributed by atoms with Gasteiger partial charge in [-0.15, -0.1) is 0 Å². The van der Waals surface area contributed by atoms with Crippen molar-refractivity contribution in [2.75, 3.05) is 0 Å². The van der Waals surface area contributed by atoms with Gasteiger partial charge in [0.15, 0.2) is 34.9 Å². The summed E-state index contributed by atoms with van der Waals surface area (Å²) in [5.41, 5.74) is 14.4. The summed E-state index contributed by atoms with van der Waals surface area (Å²) in [6.45, 7) is 0. The molecule has 0 fully saturated rings. The molecule has 10 aromatic carbocycles. The summed E-state index contributed by atoms with van der Waals surface area (Å²) in [5.74, 6) is 3.53. The normalized spacial score (nSPS) is 11.5. The summed E-state index contributed by atoms with van der Waals surface area (Å²) >= 11 is 0. The molecule has 0 saturated heterocycles. The molecule has 0 spiro atoms. The highest BCUT2D eigenvalue weighted by Crippen LogP contribution is 2.40. The average Bonchev–Trinajstić information content (AvgIpc) is 4.04. The SMILES string of the molecule is c1ccc(-c2cccc(-c3nc(-c4ccccc4)nc(-c4cccc5oc6ccc(-c7ccc(-c8nc(-c9ccccc9)nc(-c9cccc(-n%10c%11ccccc%11c%11ccccc%11%10)c9)n8)cc7)cc6c45)n3)c2)cc1. The van der Waals surface area contributed by atoms with E-state index in [9.17, 15) is 0 Å². The van der Waals surface area contributed by atoms with Crippen molar-refractivity contribution in [1.82, 2.24) is 34.5 Å². The first-order chi connectivity index (χ1) is 36.6. The summed E-state index contributed by atoms with van der Waals surface area (Å²) in [7, 11) is 0. The highest BCUT2D eigenvalue weighted by molar-refractivity contribution is 6.13. The van der Waals surface area contributed by atoms with Crippen LogP contribution in [0.5, 0.6) is 0 Å². The van der Waals surface area contributed by atoms with E-state index in [4.69, 9.17) is 34.3 Å². The third-order valence-electron chi connectivity index (χ3n) is 13.7. The molecule has 14 aromatic rings. The van der Waals surface area contributed by atoms with Crippen molar-refractivity contribution in [2.45, 2.75) is 0 Å². The van der Waals surface area contributed by atoms with Crippen LogP contribution in [0.15, 0.2) is 253 Å². The van der Waals surface area contributed by atoms with Crippen LogP contribution < -0.4 is 0 Å². The fourth-order valence-corrected chi connectivity index (χ4v) is 10.1. The maximum atomic E-state index is 6.54. The average molecular weight is 948 g/mol. The van der Waals surface area contributed by atoms with Gasteiger partial charge >= 0.3 is 0 Å². The molecule has 0 saturated carbocycles. The van der Waals surface area contributed by atoms with Gasteiger partial charge in [0.2, 0.25) is 0 Å². The second kappa shape index (κ2) is 17.9. The van der Waals surface area contributed by atoms with E-state index >= 15 is 0 Å². The third kappa shape index (κ3) is 7.66. The first-order valence-corrected chi connectivity index (χ1v) is 24.6. The lowest BCUT2D eigenvalue weighted by Crippen LogP contribution is -2.01. The molecule has 14 rings (SSSR count).